The molecule has 1 heterocycles. The summed E-state index contributed by atoms with van der Waals surface area (Å²) in [6.07, 6.45) is 3.49. The average molecular weight is 378 g/mol. The minimum absolute atomic E-state index is 0.000678. The van der Waals surface area contributed by atoms with Crippen molar-refractivity contribution in [3.8, 4) is 5.75 Å². The van der Waals surface area contributed by atoms with Crippen molar-refractivity contribution in [1.82, 2.24) is 4.90 Å². The summed E-state index contributed by atoms with van der Waals surface area (Å²) in [5.41, 5.74) is 10.2. The molecular weight excluding hydrogens is 352 g/mol. The molecule has 0 bridgehead atoms. The Morgan fingerprint density at radius 3 is 2.75 bits per heavy atom. The smallest absolute Gasteiger partial charge is 0.324 e. The van der Waals surface area contributed by atoms with Crippen LogP contribution in [0.5, 0.6) is 5.75 Å². The monoisotopic (exact) mass is 378 g/mol. The number of carbonyl (C=O) groups excluding carboxylic acids is 1. The number of aryl methyl sites for hydroxylation is 1. The van der Waals surface area contributed by atoms with Crippen LogP contribution in [0.3, 0.4) is 0 Å². The number of rotatable bonds is 7. The second kappa shape index (κ2) is 8.61. The Balaban J connectivity index is 1.79. The number of ether oxygens (including phenoxy) is 1. The Morgan fingerprint density at radius 1 is 1.25 bits per heavy atom. The number of nitrogens with one attached hydrogen (secondary N) is 1. The molecule has 146 valence electrons. The number of nitrogens with zero attached hydrogens (tertiary/aromatic N) is 2. The number of anilines is 1. The van der Waals surface area contributed by atoms with Crippen LogP contribution in [0, 0.1) is 5.41 Å². The minimum Gasteiger partial charge on any atom is -0.497 e. The first-order chi connectivity index (χ1) is 13.6. The van der Waals surface area contributed by atoms with Crippen molar-refractivity contribution in [2.24, 2.45) is 5.73 Å². The molecule has 6 heteroatoms. The topological polar surface area (TPSA) is 82.7 Å². The highest BCUT2D eigenvalue weighted by Gasteiger charge is 2.29. The number of benzene rings is 2. The van der Waals surface area contributed by atoms with Crippen molar-refractivity contribution in [3.63, 3.8) is 0 Å². The highest BCUT2D eigenvalue weighted by Crippen LogP contribution is 2.27. The summed E-state index contributed by atoms with van der Waals surface area (Å²) in [6.45, 7) is 3.93. The molecule has 6 nitrogen and oxygen atoms in total. The molecule has 0 saturated carbocycles. The predicted molar refractivity (Wildman–Crippen MR) is 113 cm³/mol. The molecule has 1 fully saturated rings. The first kappa shape index (κ1) is 19.5. The van der Waals surface area contributed by atoms with Crippen LogP contribution < -0.4 is 15.4 Å². The fraction of sp³-hybridized carbons (Fsp3) is 0.273. The number of carbonyl (C=O) groups is 1. The third-order valence-electron chi connectivity index (χ3n) is 5.03. The van der Waals surface area contributed by atoms with Crippen LogP contribution >= 0.6 is 0 Å². The van der Waals surface area contributed by atoms with Gasteiger partial charge < -0.3 is 20.8 Å². The van der Waals surface area contributed by atoms with Crippen molar-refractivity contribution < 1.29 is 9.53 Å². The highest BCUT2D eigenvalue weighted by atomic mass is 16.5. The fourth-order valence-corrected chi connectivity index (χ4v) is 3.50. The van der Waals surface area contributed by atoms with Gasteiger partial charge in [0.1, 0.15) is 5.75 Å². The zero-order chi connectivity index (χ0) is 20.1. The van der Waals surface area contributed by atoms with E-state index < -0.39 is 0 Å². The van der Waals surface area contributed by atoms with Crippen molar-refractivity contribution in [2.45, 2.75) is 19.9 Å². The van der Waals surface area contributed by atoms with E-state index in [9.17, 15) is 4.79 Å². The van der Waals surface area contributed by atoms with E-state index in [1.807, 2.05) is 47.4 Å². The van der Waals surface area contributed by atoms with Gasteiger partial charge in [-0.1, -0.05) is 25.1 Å². The lowest BCUT2D eigenvalue weighted by atomic mass is 9.98. The van der Waals surface area contributed by atoms with Gasteiger partial charge in [-0.15, -0.1) is 0 Å². The van der Waals surface area contributed by atoms with Crippen LogP contribution in [0.1, 0.15) is 23.6 Å². The third kappa shape index (κ3) is 3.86. The normalized spacial score (nSPS) is 14.5. The summed E-state index contributed by atoms with van der Waals surface area (Å²) < 4.78 is 5.27. The Morgan fingerprint density at radius 2 is 2.07 bits per heavy atom. The zero-order valence-corrected chi connectivity index (χ0v) is 16.3. The maximum absolute atomic E-state index is 12.9. The molecular formula is C22H26N4O2. The Labute approximate surface area is 165 Å². The van der Waals surface area contributed by atoms with E-state index in [1.165, 1.54) is 12.4 Å². The van der Waals surface area contributed by atoms with Crippen LogP contribution in [-0.2, 0) is 13.0 Å². The molecule has 1 saturated heterocycles. The molecule has 0 aromatic heterocycles. The second-order valence-electron chi connectivity index (χ2n) is 6.67. The van der Waals surface area contributed by atoms with Crippen LogP contribution in [-0.4, -0.2) is 37.3 Å². The Kier molecular flexibility index (Phi) is 5.99. The standard InChI is InChI=1S/C22H26N4O2/c1-3-17-12-19(7-8-21(17)18(13-23)14-24)26-10-9-25(22(26)27)15-16-5-4-6-20(11-16)28-2/h4-8,11-14,23H,3,9-10,15,24H2,1-2H3/b18-14+,23-13?. The van der Waals surface area contributed by atoms with E-state index in [-0.39, 0.29) is 6.03 Å². The molecule has 3 N–H and O–H groups in total. The highest BCUT2D eigenvalue weighted by molar-refractivity contribution is 6.09. The lowest BCUT2D eigenvalue weighted by Gasteiger charge is -2.20. The summed E-state index contributed by atoms with van der Waals surface area (Å²) in [4.78, 5) is 16.6. The number of allylic oxidation sites excluding steroid dienone is 1. The molecule has 0 unspecified atom stereocenters. The molecule has 28 heavy (non-hydrogen) atoms. The quantitative estimate of drug-likeness (QED) is 0.722. The Hall–Kier alpha value is -3.28. The average Bonchev–Trinajstić information content (AvgIpc) is 3.09. The van der Waals surface area contributed by atoms with Gasteiger partial charge >= 0.3 is 6.03 Å². The third-order valence-corrected chi connectivity index (χ3v) is 5.03. The largest absolute Gasteiger partial charge is 0.497 e. The lowest BCUT2D eigenvalue weighted by molar-refractivity contribution is 0.218. The summed E-state index contributed by atoms with van der Waals surface area (Å²) in [7, 11) is 1.64. The number of hydrogen-bond acceptors (Lipinski definition) is 4. The van der Waals surface area contributed by atoms with E-state index in [0.717, 1.165) is 34.5 Å². The zero-order valence-electron chi connectivity index (χ0n) is 16.3. The predicted octanol–water partition coefficient (Wildman–Crippen LogP) is 3.65. The number of nitrogens with two attached hydrogens (primary N) is 1. The Bertz CT molecular complexity index is 907. The van der Waals surface area contributed by atoms with E-state index in [0.29, 0.717) is 25.2 Å². The molecule has 2 aromatic rings. The van der Waals surface area contributed by atoms with Crippen molar-refractivity contribution in [3.05, 3.63) is 65.4 Å². The van der Waals surface area contributed by atoms with Gasteiger partial charge in [-0.25, -0.2) is 4.79 Å². The van der Waals surface area contributed by atoms with Crippen LogP contribution in [0.2, 0.25) is 0 Å². The van der Waals surface area contributed by atoms with Crippen LogP contribution in [0.4, 0.5) is 10.5 Å². The number of amides is 2. The van der Waals surface area contributed by atoms with E-state index >= 15 is 0 Å². The fourth-order valence-electron chi connectivity index (χ4n) is 3.50. The number of hydrogen-bond donors (Lipinski definition) is 2. The lowest BCUT2D eigenvalue weighted by Crippen LogP contribution is -2.31. The van der Waals surface area contributed by atoms with Gasteiger partial charge in [0, 0.05) is 43.3 Å². The molecule has 0 aliphatic carbocycles. The van der Waals surface area contributed by atoms with Gasteiger partial charge in [0.2, 0.25) is 0 Å². The van der Waals surface area contributed by atoms with Crippen molar-refractivity contribution in [2.75, 3.05) is 25.1 Å². The molecule has 0 spiro atoms. The van der Waals surface area contributed by atoms with Gasteiger partial charge in [0.25, 0.3) is 0 Å². The first-order valence-electron chi connectivity index (χ1n) is 9.36. The van der Waals surface area contributed by atoms with Crippen LogP contribution in [0.25, 0.3) is 5.57 Å². The molecule has 0 atom stereocenters. The molecule has 1 aliphatic heterocycles. The molecule has 3 rings (SSSR count). The van der Waals surface area contributed by atoms with Gasteiger partial charge in [-0.05, 0) is 47.4 Å². The molecule has 1 aliphatic rings. The second-order valence-corrected chi connectivity index (χ2v) is 6.67. The SMILES string of the molecule is CCc1cc(N2CCN(Cc3cccc(OC)c3)C2=O)ccc1/C(C=N)=C/N. The summed E-state index contributed by atoms with van der Waals surface area (Å²) in [5.74, 6) is 0.791. The number of urea groups is 1. The summed E-state index contributed by atoms with van der Waals surface area (Å²) in [5, 5.41) is 7.53. The van der Waals surface area contributed by atoms with E-state index in [2.05, 4.69) is 6.92 Å². The van der Waals surface area contributed by atoms with E-state index in [4.69, 9.17) is 15.9 Å². The maximum Gasteiger partial charge on any atom is 0.324 e. The van der Waals surface area contributed by atoms with E-state index in [1.54, 1.807) is 12.0 Å². The van der Waals surface area contributed by atoms with Gasteiger partial charge in [-0.3, -0.25) is 4.90 Å². The van der Waals surface area contributed by atoms with Gasteiger partial charge in [0.05, 0.1) is 7.11 Å². The molecule has 0 radical (unpaired) electrons. The van der Waals surface area contributed by atoms with Gasteiger partial charge in [0.15, 0.2) is 0 Å². The summed E-state index contributed by atoms with van der Waals surface area (Å²) >= 11 is 0. The van der Waals surface area contributed by atoms with Gasteiger partial charge in [-0.2, -0.15) is 0 Å². The minimum atomic E-state index is -0.000678. The molecule has 2 amide bonds. The molecule has 2 aromatic carbocycles. The van der Waals surface area contributed by atoms with Crippen LogP contribution in [0.15, 0.2) is 48.7 Å². The number of methoxy groups -OCH3 is 1. The summed E-state index contributed by atoms with van der Waals surface area (Å²) in [6, 6.07) is 13.7. The van der Waals surface area contributed by atoms with Crippen molar-refractivity contribution in [1.29, 1.82) is 5.41 Å². The van der Waals surface area contributed by atoms with Crippen molar-refractivity contribution >= 4 is 23.5 Å². The maximum atomic E-state index is 12.9. The first-order valence-corrected chi connectivity index (χ1v) is 9.36.